The Morgan fingerprint density at radius 2 is 1.81 bits per heavy atom. The van der Waals surface area contributed by atoms with Crippen LogP contribution in [-0.2, 0) is 9.36 Å². The molecular weight excluding hydrogens is 235 g/mol. The second-order valence-electron chi connectivity index (χ2n) is 3.88. The minimum Gasteiger partial charge on any atom is -0.481 e. The standard InChI is InChI=1S/C9H19O6P/c1-2-3-4-6-9(12,16(13,14)15)7-5-8(10)11/h12H,2-7H2,1H3,(H,10,11)(H2,13,14,15). The van der Waals surface area contributed by atoms with Gasteiger partial charge in [0.25, 0.3) is 0 Å². The summed E-state index contributed by atoms with van der Waals surface area (Å²) in [7, 11) is -4.69. The average molecular weight is 254 g/mol. The Hall–Kier alpha value is -0.420. The predicted molar refractivity (Wildman–Crippen MR) is 58.0 cm³/mol. The summed E-state index contributed by atoms with van der Waals surface area (Å²) in [5, 5.41) is 16.1. The lowest BCUT2D eigenvalue weighted by Gasteiger charge is -2.28. The van der Waals surface area contributed by atoms with Crippen molar-refractivity contribution in [2.45, 2.75) is 50.8 Å². The first-order valence-electron chi connectivity index (χ1n) is 5.23. The van der Waals surface area contributed by atoms with Crippen molar-refractivity contribution in [3.05, 3.63) is 0 Å². The lowest BCUT2D eigenvalue weighted by molar-refractivity contribution is -0.138. The van der Waals surface area contributed by atoms with E-state index in [1.165, 1.54) is 0 Å². The molecule has 0 aromatic carbocycles. The minimum atomic E-state index is -4.69. The van der Waals surface area contributed by atoms with Crippen LogP contribution in [0.4, 0.5) is 0 Å². The van der Waals surface area contributed by atoms with Crippen molar-refractivity contribution in [2.75, 3.05) is 0 Å². The van der Waals surface area contributed by atoms with Crippen LogP contribution in [-0.4, -0.2) is 31.3 Å². The van der Waals surface area contributed by atoms with Crippen LogP contribution in [0.2, 0.25) is 0 Å². The highest BCUT2D eigenvalue weighted by atomic mass is 31.2. The summed E-state index contributed by atoms with van der Waals surface area (Å²) >= 11 is 0. The molecule has 96 valence electrons. The molecule has 0 aliphatic heterocycles. The zero-order valence-corrected chi connectivity index (χ0v) is 10.2. The SMILES string of the molecule is CCCCCC(O)(CCC(=O)O)P(=O)(O)O. The number of hydrogen-bond acceptors (Lipinski definition) is 3. The molecule has 6 nitrogen and oxygen atoms in total. The van der Waals surface area contributed by atoms with Crippen molar-refractivity contribution in [1.82, 2.24) is 0 Å². The second kappa shape index (κ2) is 6.35. The fourth-order valence-electron chi connectivity index (χ4n) is 1.38. The second-order valence-corrected chi connectivity index (χ2v) is 5.80. The highest BCUT2D eigenvalue weighted by Gasteiger charge is 2.44. The van der Waals surface area contributed by atoms with Gasteiger partial charge in [-0.05, 0) is 19.3 Å². The maximum atomic E-state index is 11.1. The van der Waals surface area contributed by atoms with Gasteiger partial charge in [0.05, 0.1) is 0 Å². The lowest BCUT2D eigenvalue weighted by Crippen LogP contribution is -2.29. The van der Waals surface area contributed by atoms with E-state index in [1.807, 2.05) is 6.92 Å². The Morgan fingerprint density at radius 1 is 1.25 bits per heavy atom. The van der Waals surface area contributed by atoms with Gasteiger partial charge in [0.1, 0.15) is 0 Å². The number of aliphatic carboxylic acids is 1. The number of carboxylic acids is 1. The molecule has 0 amide bonds. The van der Waals surface area contributed by atoms with Crippen LogP contribution < -0.4 is 0 Å². The number of unbranched alkanes of at least 4 members (excludes halogenated alkanes) is 2. The van der Waals surface area contributed by atoms with Crippen molar-refractivity contribution in [2.24, 2.45) is 0 Å². The maximum Gasteiger partial charge on any atom is 0.356 e. The molecule has 0 fully saturated rings. The van der Waals surface area contributed by atoms with Crippen LogP contribution in [0, 0.1) is 0 Å². The maximum absolute atomic E-state index is 11.1. The van der Waals surface area contributed by atoms with E-state index in [4.69, 9.17) is 14.9 Å². The Balaban J connectivity index is 4.50. The number of hydrogen-bond donors (Lipinski definition) is 4. The highest BCUT2D eigenvalue weighted by molar-refractivity contribution is 7.53. The molecule has 4 N–H and O–H groups in total. The van der Waals surface area contributed by atoms with Gasteiger partial charge >= 0.3 is 13.6 Å². The first-order valence-corrected chi connectivity index (χ1v) is 6.84. The predicted octanol–water partition coefficient (Wildman–Crippen LogP) is 1.30. The number of rotatable bonds is 8. The normalized spacial score (nSPS) is 15.8. The first kappa shape index (κ1) is 15.6. The Bertz CT molecular complexity index is 273. The van der Waals surface area contributed by atoms with Crippen LogP contribution in [0.5, 0.6) is 0 Å². The fraction of sp³-hybridized carbons (Fsp3) is 0.889. The summed E-state index contributed by atoms with van der Waals surface area (Å²) in [5.74, 6) is -1.18. The molecule has 0 aromatic heterocycles. The summed E-state index contributed by atoms with van der Waals surface area (Å²) in [6, 6.07) is 0. The topological polar surface area (TPSA) is 115 Å². The van der Waals surface area contributed by atoms with E-state index >= 15 is 0 Å². The summed E-state index contributed by atoms with van der Waals surface area (Å²) in [4.78, 5) is 28.4. The molecule has 0 aliphatic carbocycles. The van der Waals surface area contributed by atoms with Crippen LogP contribution in [0.25, 0.3) is 0 Å². The van der Waals surface area contributed by atoms with E-state index in [0.717, 1.165) is 12.8 Å². The number of carboxylic acid groups (broad SMARTS) is 1. The third-order valence-corrected chi connectivity index (χ3v) is 3.99. The van der Waals surface area contributed by atoms with E-state index in [9.17, 15) is 14.5 Å². The van der Waals surface area contributed by atoms with Gasteiger partial charge in [0.15, 0.2) is 5.34 Å². The Labute approximate surface area is 94.5 Å². The van der Waals surface area contributed by atoms with Crippen molar-refractivity contribution >= 4 is 13.6 Å². The third-order valence-electron chi connectivity index (χ3n) is 2.46. The molecule has 1 unspecified atom stereocenters. The largest absolute Gasteiger partial charge is 0.481 e. The van der Waals surface area contributed by atoms with Gasteiger partial charge in [-0.2, -0.15) is 0 Å². The quantitative estimate of drug-likeness (QED) is 0.383. The van der Waals surface area contributed by atoms with Gasteiger partial charge in [0, 0.05) is 6.42 Å². The van der Waals surface area contributed by atoms with E-state index in [-0.39, 0.29) is 6.42 Å². The molecule has 0 aliphatic rings. The molecule has 0 radical (unpaired) electrons. The van der Waals surface area contributed by atoms with Crippen LogP contribution in [0.1, 0.15) is 45.4 Å². The van der Waals surface area contributed by atoms with Crippen molar-refractivity contribution in [3.63, 3.8) is 0 Å². The van der Waals surface area contributed by atoms with Crippen LogP contribution in [0.15, 0.2) is 0 Å². The zero-order chi connectivity index (χ0) is 12.8. The van der Waals surface area contributed by atoms with Gasteiger partial charge in [-0.1, -0.05) is 19.8 Å². The third kappa shape index (κ3) is 5.07. The fourth-order valence-corrected chi connectivity index (χ4v) is 2.23. The summed E-state index contributed by atoms with van der Waals surface area (Å²) in [5.41, 5.74) is 0. The van der Waals surface area contributed by atoms with E-state index in [2.05, 4.69) is 0 Å². The molecule has 0 saturated heterocycles. The van der Waals surface area contributed by atoms with Crippen molar-refractivity contribution < 1.29 is 29.4 Å². The lowest BCUT2D eigenvalue weighted by atomic mass is 10.1. The number of aliphatic hydroxyl groups is 1. The molecule has 0 rings (SSSR count). The van der Waals surface area contributed by atoms with Gasteiger partial charge in [-0.15, -0.1) is 0 Å². The molecule has 1 atom stereocenters. The van der Waals surface area contributed by atoms with Crippen molar-refractivity contribution in [1.29, 1.82) is 0 Å². The molecule has 0 spiro atoms. The number of carbonyl (C=O) groups is 1. The monoisotopic (exact) mass is 254 g/mol. The summed E-state index contributed by atoms with van der Waals surface area (Å²) < 4.78 is 11.1. The minimum absolute atomic E-state index is 0.0710. The van der Waals surface area contributed by atoms with Gasteiger partial charge in [0.2, 0.25) is 0 Å². The van der Waals surface area contributed by atoms with Gasteiger partial charge < -0.3 is 20.0 Å². The zero-order valence-electron chi connectivity index (χ0n) is 9.30. The van der Waals surface area contributed by atoms with E-state index in [0.29, 0.717) is 6.42 Å². The molecule has 0 saturated carbocycles. The van der Waals surface area contributed by atoms with Gasteiger partial charge in [-0.3, -0.25) is 9.36 Å². The molecular formula is C9H19O6P. The Morgan fingerprint density at radius 3 is 2.19 bits per heavy atom. The molecule has 0 aromatic rings. The van der Waals surface area contributed by atoms with Crippen molar-refractivity contribution in [3.8, 4) is 0 Å². The average Bonchev–Trinajstić information content (AvgIpc) is 2.13. The van der Waals surface area contributed by atoms with E-state index in [1.54, 1.807) is 0 Å². The molecule has 7 heteroatoms. The Kier molecular flexibility index (Phi) is 6.18. The van der Waals surface area contributed by atoms with Crippen LogP contribution in [0.3, 0.4) is 0 Å². The smallest absolute Gasteiger partial charge is 0.356 e. The molecule has 16 heavy (non-hydrogen) atoms. The summed E-state index contributed by atoms with van der Waals surface area (Å²) in [6.45, 7) is 1.92. The van der Waals surface area contributed by atoms with Crippen LogP contribution >= 0.6 is 7.60 Å². The van der Waals surface area contributed by atoms with Gasteiger partial charge in [-0.25, -0.2) is 0 Å². The first-order chi connectivity index (χ1) is 7.23. The summed E-state index contributed by atoms with van der Waals surface area (Å²) in [6.07, 6.45) is 1.13. The molecule has 0 heterocycles. The highest BCUT2D eigenvalue weighted by Crippen LogP contribution is 2.53. The van der Waals surface area contributed by atoms with E-state index < -0.39 is 31.7 Å². The molecule has 0 bridgehead atoms.